The maximum absolute atomic E-state index is 10.5. The van der Waals surface area contributed by atoms with Crippen LogP contribution in [0, 0.1) is 0 Å². The number of carboxylic acids is 1. The van der Waals surface area contributed by atoms with Crippen molar-refractivity contribution in [2.45, 2.75) is 0 Å². The Morgan fingerprint density at radius 2 is 2.15 bits per heavy atom. The molecular weight excluding hydrogens is 215 g/mol. The molecule has 0 atom stereocenters. The van der Waals surface area contributed by atoms with Crippen LogP contribution in [0.25, 0.3) is 0 Å². The highest BCUT2D eigenvalue weighted by Gasteiger charge is 2.06. The maximum Gasteiger partial charge on any atom is 0.335 e. The van der Waals surface area contributed by atoms with Gasteiger partial charge in [-0.2, -0.15) is 0 Å². The average Bonchev–Trinajstić information content (AvgIpc) is 2.04. The summed E-state index contributed by atoms with van der Waals surface area (Å²) in [6.07, 6.45) is 0. The van der Waals surface area contributed by atoms with Crippen LogP contribution in [0.1, 0.15) is 10.4 Å². The summed E-state index contributed by atoms with van der Waals surface area (Å²) in [7, 11) is 1.47. The van der Waals surface area contributed by atoms with E-state index >= 15 is 0 Å². The van der Waals surface area contributed by atoms with Gasteiger partial charge in [-0.25, -0.2) is 4.79 Å². The zero-order valence-corrected chi connectivity index (χ0v) is 8.35. The SMILES string of the molecule is COc1ccc(C(=O)O)cc1Cl.Cl. The van der Waals surface area contributed by atoms with Crippen LogP contribution in [0.15, 0.2) is 18.2 Å². The quantitative estimate of drug-likeness (QED) is 0.837. The first-order valence-corrected chi connectivity index (χ1v) is 3.60. The second-order valence-electron chi connectivity index (χ2n) is 2.15. The first kappa shape index (κ1) is 12.1. The Labute approximate surface area is 86.7 Å². The van der Waals surface area contributed by atoms with Crippen molar-refractivity contribution in [2.24, 2.45) is 0 Å². The lowest BCUT2D eigenvalue weighted by atomic mass is 10.2. The first-order chi connectivity index (χ1) is 5.65. The standard InChI is InChI=1S/C8H7ClO3.ClH/c1-12-7-3-2-5(8(10)11)4-6(7)9;/h2-4H,1H3,(H,10,11);1H. The molecule has 0 heterocycles. The van der Waals surface area contributed by atoms with Gasteiger partial charge in [0, 0.05) is 0 Å². The van der Waals surface area contributed by atoms with Gasteiger partial charge in [0.25, 0.3) is 0 Å². The van der Waals surface area contributed by atoms with Crippen LogP contribution in [0.5, 0.6) is 5.75 Å². The van der Waals surface area contributed by atoms with Crippen molar-refractivity contribution < 1.29 is 14.6 Å². The summed E-state index contributed by atoms with van der Waals surface area (Å²) in [5, 5.41) is 8.88. The van der Waals surface area contributed by atoms with Crippen molar-refractivity contribution in [3.8, 4) is 5.75 Å². The molecule has 1 aromatic rings. The fourth-order valence-corrected chi connectivity index (χ4v) is 1.06. The molecule has 13 heavy (non-hydrogen) atoms. The number of benzene rings is 1. The predicted molar refractivity (Wildman–Crippen MR) is 52.2 cm³/mol. The van der Waals surface area contributed by atoms with E-state index in [1.807, 2.05) is 0 Å². The lowest BCUT2D eigenvalue weighted by Gasteiger charge is -2.02. The number of carboxylic acid groups (broad SMARTS) is 1. The van der Waals surface area contributed by atoms with Crippen molar-refractivity contribution in [1.29, 1.82) is 0 Å². The number of rotatable bonds is 2. The minimum Gasteiger partial charge on any atom is -0.495 e. The second kappa shape index (κ2) is 4.94. The summed E-state index contributed by atoms with van der Waals surface area (Å²) in [5.74, 6) is -0.527. The summed E-state index contributed by atoms with van der Waals surface area (Å²) >= 11 is 5.69. The maximum atomic E-state index is 10.5. The van der Waals surface area contributed by atoms with E-state index in [2.05, 4.69) is 0 Å². The molecule has 0 aliphatic rings. The van der Waals surface area contributed by atoms with Gasteiger partial charge in [0.05, 0.1) is 17.7 Å². The third-order valence-corrected chi connectivity index (χ3v) is 1.69. The second-order valence-corrected chi connectivity index (χ2v) is 2.56. The van der Waals surface area contributed by atoms with E-state index in [-0.39, 0.29) is 18.0 Å². The van der Waals surface area contributed by atoms with Crippen molar-refractivity contribution in [3.63, 3.8) is 0 Å². The highest BCUT2D eigenvalue weighted by Crippen LogP contribution is 2.24. The number of carbonyl (C=O) groups is 1. The number of halogens is 2. The average molecular weight is 223 g/mol. The smallest absolute Gasteiger partial charge is 0.335 e. The van der Waals surface area contributed by atoms with Crippen molar-refractivity contribution in [1.82, 2.24) is 0 Å². The van der Waals surface area contributed by atoms with Crippen LogP contribution in [0.3, 0.4) is 0 Å². The molecule has 1 aromatic carbocycles. The van der Waals surface area contributed by atoms with E-state index < -0.39 is 5.97 Å². The Kier molecular flexibility index (Phi) is 4.59. The van der Waals surface area contributed by atoms with E-state index in [1.54, 1.807) is 0 Å². The zero-order chi connectivity index (χ0) is 9.14. The molecule has 0 aromatic heterocycles. The summed E-state index contributed by atoms with van der Waals surface area (Å²) in [6, 6.07) is 4.31. The number of hydrogen-bond donors (Lipinski definition) is 1. The molecule has 72 valence electrons. The summed E-state index contributed by atoms with van der Waals surface area (Å²) < 4.78 is 4.85. The third-order valence-electron chi connectivity index (χ3n) is 1.40. The van der Waals surface area contributed by atoms with Gasteiger partial charge in [0.15, 0.2) is 0 Å². The molecule has 0 aliphatic heterocycles. The van der Waals surface area contributed by atoms with Gasteiger partial charge < -0.3 is 9.84 Å². The zero-order valence-electron chi connectivity index (χ0n) is 6.78. The molecule has 1 rings (SSSR count). The molecule has 0 bridgehead atoms. The van der Waals surface area contributed by atoms with Crippen LogP contribution >= 0.6 is 24.0 Å². The van der Waals surface area contributed by atoms with Gasteiger partial charge >= 0.3 is 5.97 Å². The number of ether oxygens (including phenoxy) is 1. The van der Waals surface area contributed by atoms with E-state index in [1.165, 1.54) is 25.3 Å². The van der Waals surface area contributed by atoms with Gasteiger partial charge in [-0.1, -0.05) is 11.6 Å². The Morgan fingerprint density at radius 3 is 2.54 bits per heavy atom. The van der Waals surface area contributed by atoms with E-state index in [4.69, 9.17) is 21.4 Å². The van der Waals surface area contributed by atoms with Gasteiger partial charge in [0.1, 0.15) is 5.75 Å². The molecule has 3 nitrogen and oxygen atoms in total. The van der Waals surface area contributed by atoms with Gasteiger partial charge in [-0.15, -0.1) is 12.4 Å². The molecule has 0 unspecified atom stereocenters. The molecule has 0 fully saturated rings. The highest BCUT2D eigenvalue weighted by atomic mass is 35.5. The van der Waals surface area contributed by atoms with Crippen LogP contribution in [0.2, 0.25) is 5.02 Å². The monoisotopic (exact) mass is 222 g/mol. The largest absolute Gasteiger partial charge is 0.495 e. The lowest BCUT2D eigenvalue weighted by molar-refractivity contribution is 0.0697. The van der Waals surface area contributed by atoms with Gasteiger partial charge in [-0.05, 0) is 18.2 Å². The van der Waals surface area contributed by atoms with Crippen molar-refractivity contribution >= 4 is 30.0 Å². The van der Waals surface area contributed by atoms with Crippen molar-refractivity contribution in [2.75, 3.05) is 7.11 Å². The molecule has 5 heteroatoms. The number of hydrogen-bond acceptors (Lipinski definition) is 2. The molecular formula is C8H8Cl2O3. The minimum absolute atomic E-state index is 0. The van der Waals surface area contributed by atoms with Crippen LogP contribution in [-0.4, -0.2) is 18.2 Å². The fourth-order valence-electron chi connectivity index (χ4n) is 0.799. The first-order valence-electron chi connectivity index (χ1n) is 3.22. The number of aromatic carboxylic acids is 1. The van der Waals surface area contributed by atoms with Gasteiger partial charge in [0.2, 0.25) is 0 Å². The van der Waals surface area contributed by atoms with Crippen molar-refractivity contribution in [3.05, 3.63) is 28.8 Å². The van der Waals surface area contributed by atoms with E-state index in [0.717, 1.165) is 0 Å². The Balaban J connectivity index is 0.00000144. The number of methoxy groups -OCH3 is 1. The highest BCUT2D eigenvalue weighted by molar-refractivity contribution is 6.32. The van der Waals surface area contributed by atoms with Crippen LogP contribution in [-0.2, 0) is 0 Å². The van der Waals surface area contributed by atoms with Crippen LogP contribution < -0.4 is 4.74 Å². The van der Waals surface area contributed by atoms with E-state index in [9.17, 15) is 4.79 Å². The molecule has 0 spiro atoms. The molecule has 0 saturated heterocycles. The molecule has 0 aliphatic carbocycles. The Morgan fingerprint density at radius 1 is 1.54 bits per heavy atom. The summed E-state index contributed by atoms with van der Waals surface area (Å²) in [5.41, 5.74) is 0.154. The summed E-state index contributed by atoms with van der Waals surface area (Å²) in [4.78, 5) is 10.5. The molecule has 0 amide bonds. The van der Waals surface area contributed by atoms with Gasteiger partial charge in [-0.3, -0.25) is 0 Å². The third kappa shape index (κ3) is 2.79. The summed E-state index contributed by atoms with van der Waals surface area (Å²) in [6.45, 7) is 0. The predicted octanol–water partition coefficient (Wildman–Crippen LogP) is 2.47. The minimum atomic E-state index is -1.00. The normalized spacial score (nSPS) is 8.77. The van der Waals surface area contributed by atoms with Crippen LogP contribution in [0.4, 0.5) is 0 Å². The molecule has 1 N–H and O–H groups in total. The Hall–Kier alpha value is -0.930. The topological polar surface area (TPSA) is 46.5 Å². The lowest BCUT2D eigenvalue weighted by Crippen LogP contribution is -1.96. The Bertz CT molecular complexity index is 312. The molecule has 0 saturated carbocycles. The fraction of sp³-hybridized carbons (Fsp3) is 0.125. The molecule has 0 radical (unpaired) electrons. The van der Waals surface area contributed by atoms with E-state index in [0.29, 0.717) is 10.8 Å².